The molecule has 3 fully saturated rings. The first-order valence-electron chi connectivity index (χ1n) is 26.3. The van der Waals surface area contributed by atoms with E-state index < -0.39 is 33.6 Å². The number of aliphatic hydroxyl groups is 1. The van der Waals surface area contributed by atoms with Gasteiger partial charge < -0.3 is 45.8 Å². The monoisotopic (exact) mass is 1110 g/mol. The second-order valence-corrected chi connectivity index (χ2v) is 24.5. The second-order valence-electron chi connectivity index (χ2n) is 21.3. The van der Waals surface area contributed by atoms with Gasteiger partial charge in [0.25, 0.3) is 0 Å². The first-order chi connectivity index (χ1) is 36.7. The van der Waals surface area contributed by atoms with Crippen molar-refractivity contribution >= 4 is 85.2 Å². The number of aryl methyl sites for hydroxylation is 1. The van der Waals surface area contributed by atoms with Gasteiger partial charge in [0, 0.05) is 90.0 Å². The molecule has 0 bridgehead atoms. The number of carbonyl (C=O) groups is 3. The van der Waals surface area contributed by atoms with Gasteiger partial charge in [0.1, 0.15) is 22.9 Å². The number of carbonyl (C=O) groups excluding carboxylic acids is 3. The lowest BCUT2D eigenvalue weighted by atomic mass is 9.85. The fourth-order valence-electron chi connectivity index (χ4n) is 10.3. The number of methoxy groups -OCH3 is 1. The van der Waals surface area contributed by atoms with Crippen LogP contribution in [0.1, 0.15) is 70.6 Å². The maximum atomic E-state index is 14.2. The van der Waals surface area contributed by atoms with Crippen molar-refractivity contribution in [3.8, 4) is 16.2 Å². The van der Waals surface area contributed by atoms with Crippen LogP contribution in [0.5, 0.6) is 5.75 Å². The molecule has 3 aliphatic heterocycles. The molecular formula is C55H73ClN12O7S2. The zero-order chi connectivity index (χ0) is 55.0. The van der Waals surface area contributed by atoms with E-state index in [1.54, 1.807) is 42.7 Å². The SMILES string of the molecule is COc1cc(N2CCC(N3CCN(CCCCC(=O)N[C@H](C(=O)N4C[C@H](O)C[C@@H]4C(=O)NCc4ccc(-c5scnc5C)cc4)C(C)(C)C)CC3)CC2)ccc1Nc1ncc(Cl)c(Nc2ccccc2N(C)S(C)(=O)=O)n1. The number of rotatable bonds is 20. The van der Waals surface area contributed by atoms with Crippen molar-refractivity contribution < 1.29 is 32.6 Å². The summed E-state index contributed by atoms with van der Waals surface area (Å²) in [6.07, 6.45) is 5.84. The molecule has 77 heavy (non-hydrogen) atoms. The molecule has 5 heterocycles. The molecular weight excluding hydrogens is 1040 g/mol. The number of amides is 3. The highest BCUT2D eigenvalue weighted by Gasteiger charge is 2.44. The van der Waals surface area contributed by atoms with Crippen molar-refractivity contribution in [2.75, 3.05) is 92.6 Å². The molecule has 414 valence electrons. The fourth-order valence-corrected chi connectivity index (χ4v) is 11.7. The zero-order valence-electron chi connectivity index (χ0n) is 45.1. The lowest BCUT2D eigenvalue weighted by molar-refractivity contribution is -0.144. The molecule has 3 amide bonds. The van der Waals surface area contributed by atoms with Gasteiger partial charge in [-0.05, 0) is 80.0 Å². The molecule has 3 atom stereocenters. The minimum atomic E-state index is -3.52. The van der Waals surface area contributed by atoms with Crippen molar-refractivity contribution in [2.24, 2.45) is 5.41 Å². The molecule has 19 nitrogen and oxygen atoms in total. The van der Waals surface area contributed by atoms with Gasteiger partial charge in [-0.25, -0.2) is 18.4 Å². The Morgan fingerprint density at radius 2 is 1.68 bits per heavy atom. The predicted molar refractivity (Wildman–Crippen MR) is 305 cm³/mol. The number of para-hydroxylation sites is 2. The number of hydrogen-bond donors (Lipinski definition) is 5. The molecule has 3 aliphatic rings. The van der Waals surface area contributed by atoms with Gasteiger partial charge in [-0.1, -0.05) is 68.8 Å². The van der Waals surface area contributed by atoms with Gasteiger partial charge in [-0.2, -0.15) is 4.98 Å². The van der Waals surface area contributed by atoms with Gasteiger partial charge >= 0.3 is 0 Å². The van der Waals surface area contributed by atoms with Gasteiger partial charge in [0.05, 0.1) is 58.8 Å². The third-order valence-electron chi connectivity index (χ3n) is 14.8. The molecule has 0 spiro atoms. The molecule has 3 saturated heterocycles. The van der Waals surface area contributed by atoms with Crippen LogP contribution in [-0.2, 0) is 31.0 Å². The van der Waals surface area contributed by atoms with Crippen LogP contribution in [0, 0.1) is 12.3 Å². The third-order valence-corrected chi connectivity index (χ3v) is 17.2. The first kappa shape index (κ1) is 57.1. The van der Waals surface area contributed by atoms with E-state index in [1.165, 1.54) is 22.4 Å². The van der Waals surface area contributed by atoms with Crippen molar-refractivity contribution in [2.45, 2.75) is 97.0 Å². The summed E-state index contributed by atoms with van der Waals surface area (Å²) >= 11 is 8.08. The van der Waals surface area contributed by atoms with E-state index in [4.69, 9.17) is 16.3 Å². The van der Waals surface area contributed by atoms with Crippen molar-refractivity contribution in [1.29, 1.82) is 0 Å². The number of likely N-dealkylation sites (tertiary alicyclic amines) is 1. The molecule has 0 radical (unpaired) electrons. The Balaban J connectivity index is 0.750. The van der Waals surface area contributed by atoms with E-state index in [9.17, 15) is 27.9 Å². The molecule has 0 aliphatic carbocycles. The predicted octanol–water partition coefficient (Wildman–Crippen LogP) is 7.02. The van der Waals surface area contributed by atoms with Crippen LogP contribution < -0.4 is 35.2 Å². The van der Waals surface area contributed by atoms with E-state index in [2.05, 4.69) is 57.0 Å². The van der Waals surface area contributed by atoms with Crippen molar-refractivity contribution in [3.05, 3.63) is 94.7 Å². The summed E-state index contributed by atoms with van der Waals surface area (Å²) < 4.78 is 31.6. The number of piperidine rings is 1. The largest absolute Gasteiger partial charge is 0.494 e. The number of unbranched alkanes of at least 4 members (excludes halogenated alkanes) is 1. The molecule has 3 aromatic carbocycles. The number of aliphatic hydroxyl groups excluding tert-OH is 1. The Hall–Kier alpha value is -6.10. The number of nitrogens with one attached hydrogen (secondary N) is 4. The van der Waals surface area contributed by atoms with E-state index in [-0.39, 0.29) is 48.2 Å². The summed E-state index contributed by atoms with van der Waals surface area (Å²) in [4.78, 5) is 64.4. The summed E-state index contributed by atoms with van der Waals surface area (Å²) in [7, 11) is -0.404. The summed E-state index contributed by atoms with van der Waals surface area (Å²) in [6.45, 7) is 14.6. The third kappa shape index (κ3) is 14.5. The van der Waals surface area contributed by atoms with Crippen LogP contribution in [0.25, 0.3) is 10.4 Å². The van der Waals surface area contributed by atoms with Crippen LogP contribution in [0.15, 0.2) is 78.4 Å². The molecule has 22 heteroatoms. The average molecular weight is 1110 g/mol. The van der Waals surface area contributed by atoms with E-state index in [0.29, 0.717) is 47.5 Å². The summed E-state index contributed by atoms with van der Waals surface area (Å²) in [5, 5.41) is 23.3. The zero-order valence-corrected chi connectivity index (χ0v) is 47.5. The standard InChI is InChI=1S/C55H73ClN12O7S2/c1-36-49(76-35-59-36)38-17-15-37(16-18-38)32-57-52(71)46-31-41(69)34-68(46)53(72)50(55(2,3)4)62-48(70)14-10-11-23-65-26-28-67(29-27-65)39-21-24-66(25-22-39)40-19-20-44(47(30-40)75-6)61-54-58-33-42(56)51(63-54)60-43-12-8-9-13-45(43)64(5)77(7,73)74/h8-9,12-13,15-20,30,33,35,39,41,46,50,69H,10-11,14,21-29,31-32,34H2,1-7H3,(H,57,71)(H,62,70)(H2,58,60,61,63)/t41-,46-,50-/m1/s1. The van der Waals surface area contributed by atoms with Crippen molar-refractivity contribution in [1.82, 2.24) is 40.3 Å². The van der Waals surface area contributed by atoms with Crippen LogP contribution in [0.3, 0.4) is 0 Å². The van der Waals surface area contributed by atoms with Crippen molar-refractivity contribution in [3.63, 3.8) is 0 Å². The number of halogens is 1. The molecule has 8 rings (SSSR count). The number of hydrogen-bond acceptors (Lipinski definition) is 16. The fraction of sp³-hybridized carbons (Fsp3) is 0.491. The summed E-state index contributed by atoms with van der Waals surface area (Å²) in [5.41, 5.74) is 6.83. The average Bonchev–Trinajstić information content (AvgIpc) is 4.04. The van der Waals surface area contributed by atoms with Gasteiger partial charge in [-0.3, -0.25) is 23.6 Å². The van der Waals surface area contributed by atoms with Crippen LogP contribution in [0.2, 0.25) is 5.02 Å². The number of ether oxygens (including phenoxy) is 1. The smallest absolute Gasteiger partial charge is 0.246 e. The second kappa shape index (κ2) is 25.1. The maximum absolute atomic E-state index is 14.2. The number of piperazine rings is 1. The number of benzene rings is 3. The molecule has 5 N–H and O–H groups in total. The van der Waals surface area contributed by atoms with Crippen LogP contribution >= 0.6 is 22.9 Å². The lowest BCUT2D eigenvalue weighted by Crippen LogP contribution is -2.57. The summed E-state index contributed by atoms with van der Waals surface area (Å²) in [5.74, 6) is 0.313. The lowest BCUT2D eigenvalue weighted by Gasteiger charge is -2.43. The van der Waals surface area contributed by atoms with Gasteiger partial charge in [0.15, 0.2) is 5.82 Å². The minimum absolute atomic E-state index is 0.0271. The minimum Gasteiger partial charge on any atom is -0.494 e. The van der Waals surface area contributed by atoms with E-state index in [0.717, 1.165) is 98.7 Å². The highest BCUT2D eigenvalue weighted by Crippen LogP contribution is 2.36. The molecule has 5 aromatic rings. The quantitative estimate of drug-likeness (QED) is 0.0495. The summed E-state index contributed by atoms with van der Waals surface area (Å²) in [6, 6.07) is 19.8. The number of β-amino-alcohol motifs (C(OH)–C–C–N with tert-alkyl or cyclic N) is 1. The van der Waals surface area contributed by atoms with Gasteiger partial charge in [0.2, 0.25) is 33.7 Å². The Bertz CT molecular complexity index is 2960. The highest BCUT2D eigenvalue weighted by atomic mass is 35.5. The van der Waals surface area contributed by atoms with Crippen LogP contribution in [0.4, 0.5) is 34.5 Å². The number of sulfonamides is 1. The van der Waals surface area contributed by atoms with Gasteiger partial charge in [-0.15, -0.1) is 11.3 Å². The number of anilines is 6. The molecule has 0 unspecified atom stereocenters. The Labute approximate surface area is 461 Å². The topological polar surface area (TPSA) is 218 Å². The molecule has 2 aromatic heterocycles. The Morgan fingerprint density at radius 3 is 2.35 bits per heavy atom. The maximum Gasteiger partial charge on any atom is 0.246 e. The Kier molecular flexibility index (Phi) is 18.6. The van der Waals surface area contributed by atoms with E-state index >= 15 is 0 Å². The number of nitrogens with zero attached hydrogens (tertiary/aromatic N) is 8. The molecule has 0 saturated carbocycles. The number of thiazole rings is 1. The highest BCUT2D eigenvalue weighted by molar-refractivity contribution is 7.92. The van der Waals surface area contributed by atoms with E-state index in [1.807, 2.05) is 69.6 Å². The first-order valence-corrected chi connectivity index (χ1v) is 29.4. The van der Waals surface area contributed by atoms with Crippen LogP contribution in [-0.4, -0.2) is 158 Å². The Morgan fingerprint density at radius 1 is 0.948 bits per heavy atom. The number of aromatic nitrogens is 3. The normalized spacial score (nSPS) is 18.2.